The Morgan fingerprint density at radius 3 is 2.45 bits per heavy atom. The average Bonchev–Trinajstić information content (AvgIpc) is 2.48. The van der Waals surface area contributed by atoms with Gasteiger partial charge in [-0.25, -0.2) is 0 Å². The van der Waals surface area contributed by atoms with Crippen LogP contribution in [0.4, 0.5) is 0 Å². The van der Waals surface area contributed by atoms with Crippen LogP contribution in [0.25, 0.3) is 0 Å². The maximum Gasteiger partial charge on any atom is 0.137 e. The summed E-state index contributed by atoms with van der Waals surface area (Å²) in [5.74, 6) is 2.59. The Labute approximate surface area is 129 Å². The highest BCUT2D eigenvalue weighted by molar-refractivity contribution is 9.10. The Balaban J connectivity index is 2.19. The highest BCUT2D eigenvalue weighted by Gasteiger charge is 2.30. The van der Waals surface area contributed by atoms with Crippen LogP contribution in [0.5, 0.6) is 11.5 Å². The van der Waals surface area contributed by atoms with E-state index in [1.165, 1.54) is 16.7 Å². The van der Waals surface area contributed by atoms with Gasteiger partial charge < -0.3 is 15.2 Å². The highest BCUT2D eigenvalue weighted by Crippen LogP contribution is 2.49. The summed E-state index contributed by atoms with van der Waals surface area (Å²) >= 11 is 3.75. The van der Waals surface area contributed by atoms with Crippen LogP contribution in [0.3, 0.4) is 0 Å². The van der Waals surface area contributed by atoms with Crippen LogP contribution in [0, 0.1) is 0 Å². The second-order valence-corrected chi connectivity index (χ2v) is 6.52. The molecule has 0 aromatic heterocycles. The second kappa shape index (κ2) is 5.94. The fourth-order valence-electron chi connectivity index (χ4n) is 3.34. The van der Waals surface area contributed by atoms with Crippen molar-refractivity contribution in [3.8, 4) is 11.5 Å². The molecule has 110 valence electrons. The van der Waals surface area contributed by atoms with Gasteiger partial charge in [0.2, 0.25) is 0 Å². The number of benzene rings is 1. The van der Waals surface area contributed by atoms with Crippen molar-refractivity contribution in [2.24, 2.45) is 5.73 Å². The van der Waals surface area contributed by atoms with E-state index in [4.69, 9.17) is 15.2 Å². The third-order valence-corrected chi connectivity index (χ3v) is 5.15. The standard InChI is InChI=1S/C16H22BrNO2/c1-10(6-7-18)13-11-4-2-9-20-16(11)14(17)12-5-3-8-19-15(12)13/h10H,2-9,18H2,1H3. The molecule has 0 spiro atoms. The summed E-state index contributed by atoms with van der Waals surface area (Å²) in [4.78, 5) is 0. The zero-order chi connectivity index (χ0) is 14.1. The van der Waals surface area contributed by atoms with Crippen molar-refractivity contribution < 1.29 is 9.47 Å². The van der Waals surface area contributed by atoms with E-state index in [2.05, 4.69) is 22.9 Å². The van der Waals surface area contributed by atoms with Gasteiger partial charge in [0.1, 0.15) is 11.5 Å². The molecule has 4 heteroatoms. The molecule has 1 unspecified atom stereocenters. The first-order valence-corrected chi connectivity index (χ1v) is 8.36. The first-order chi connectivity index (χ1) is 9.74. The minimum atomic E-state index is 0.426. The number of hydrogen-bond donors (Lipinski definition) is 1. The normalized spacial score (nSPS) is 18.6. The molecule has 0 amide bonds. The van der Waals surface area contributed by atoms with Crippen LogP contribution in [-0.2, 0) is 12.8 Å². The summed E-state index contributed by atoms with van der Waals surface area (Å²) in [5, 5.41) is 0. The van der Waals surface area contributed by atoms with Crippen molar-refractivity contribution in [2.75, 3.05) is 19.8 Å². The maximum atomic E-state index is 6.04. The van der Waals surface area contributed by atoms with E-state index >= 15 is 0 Å². The van der Waals surface area contributed by atoms with Gasteiger partial charge in [0, 0.05) is 16.7 Å². The molecular weight excluding hydrogens is 318 g/mol. The SMILES string of the molecule is CC(CCN)c1c2c(c(Br)c3c1OCCC3)OCCC2. The van der Waals surface area contributed by atoms with Crippen molar-refractivity contribution in [2.45, 2.75) is 44.9 Å². The largest absolute Gasteiger partial charge is 0.493 e. The molecule has 3 nitrogen and oxygen atoms in total. The number of halogens is 1. The fourth-order valence-corrected chi connectivity index (χ4v) is 4.07. The van der Waals surface area contributed by atoms with E-state index in [1.54, 1.807) is 0 Å². The molecule has 0 fully saturated rings. The van der Waals surface area contributed by atoms with Crippen LogP contribution < -0.4 is 15.2 Å². The molecule has 0 bridgehead atoms. The summed E-state index contributed by atoms with van der Waals surface area (Å²) in [6.45, 7) is 4.60. The van der Waals surface area contributed by atoms with Crippen LogP contribution >= 0.6 is 15.9 Å². The lowest BCUT2D eigenvalue weighted by Crippen LogP contribution is -2.19. The molecule has 0 saturated carbocycles. The minimum Gasteiger partial charge on any atom is -0.493 e. The average molecular weight is 340 g/mol. The molecule has 0 aliphatic carbocycles. The fraction of sp³-hybridized carbons (Fsp3) is 0.625. The van der Waals surface area contributed by atoms with Gasteiger partial charge in [-0.15, -0.1) is 0 Å². The number of nitrogens with two attached hydrogens (primary N) is 1. The Bertz CT molecular complexity index is 479. The molecule has 1 atom stereocenters. The van der Waals surface area contributed by atoms with E-state index in [0.717, 1.165) is 61.3 Å². The summed E-state index contributed by atoms with van der Waals surface area (Å²) in [5.41, 5.74) is 9.74. The highest BCUT2D eigenvalue weighted by atomic mass is 79.9. The topological polar surface area (TPSA) is 44.5 Å². The van der Waals surface area contributed by atoms with Gasteiger partial charge >= 0.3 is 0 Å². The lowest BCUT2D eigenvalue weighted by atomic mass is 9.85. The monoisotopic (exact) mass is 339 g/mol. The zero-order valence-electron chi connectivity index (χ0n) is 12.0. The quantitative estimate of drug-likeness (QED) is 0.915. The first kappa shape index (κ1) is 14.2. The summed E-state index contributed by atoms with van der Waals surface area (Å²) < 4.78 is 13.1. The molecule has 0 saturated heterocycles. The molecule has 20 heavy (non-hydrogen) atoms. The van der Waals surface area contributed by atoms with Gasteiger partial charge in [-0.3, -0.25) is 0 Å². The minimum absolute atomic E-state index is 0.426. The predicted molar refractivity (Wildman–Crippen MR) is 83.9 cm³/mol. The van der Waals surface area contributed by atoms with Crippen molar-refractivity contribution in [1.29, 1.82) is 0 Å². The van der Waals surface area contributed by atoms with Gasteiger partial charge in [0.25, 0.3) is 0 Å². The molecule has 2 heterocycles. The lowest BCUT2D eigenvalue weighted by Gasteiger charge is -2.31. The lowest BCUT2D eigenvalue weighted by molar-refractivity contribution is 0.265. The Morgan fingerprint density at radius 2 is 1.75 bits per heavy atom. The predicted octanol–water partition coefficient (Wildman–Crippen LogP) is 3.55. The van der Waals surface area contributed by atoms with Crippen LogP contribution in [0.1, 0.15) is 48.8 Å². The third-order valence-electron chi connectivity index (χ3n) is 4.31. The molecule has 3 rings (SSSR count). The van der Waals surface area contributed by atoms with E-state index < -0.39 is 0 Å². The van der Waals surface area contributed by atoms with E-state index in [9.17, 15) is 0 Å². The van der Waals surface area contributed by atoms with Crippen molar-refractivity contribution in [3.05, 3.63) is 21.2 Å². The maximum absolute atomic E-state index is 6.04. The van der Waals surface area contributed by atoms with Gasteiger partial charge in [-0.2, -0.15) is 0 Å². The molecule has 2 aliphatic heterocycles. The molecular formula is C16H22BrNO2. The Hall–Kier alpha value is -0.740. The summed E-state index contributed by atoms with van der Waals surface area (Å²) in [6.07, 6.45) is 5.29. The Kier molecular flexibility index (Phi) is 4.22. The first-order valence-electron chi connectivity index (χ1n) is 7.56. The van der Waals surface area contributed by atoms with Gasteiger partial charge in [0.05, 0.1) is 17.7 Å². The Morgan fingerprint density at radius 1 is 1.10 bits per heavy atom. The van der Waals surface area contributed by atoms with Gasteiger partial charge in [0.15, 0.2) is 0 Å². The van der Waals surface area contributed by atoms with Crippen LogP contribution in [-0.4, -0.2) is 19.8 Å². The van der Waals surface area contributed by atoms with Crippen molar-refractivity contribution in [3.63, 3.8) is 0 Å². The zero-order valence-corrected chi connectivity index (χ0v) is 13.6. The van der Waals surface area contributed by atoms with Gasteiger partial charge in [-0.1, -0.05) is 6.92 Å². The van der Waals surface area contributed by atoms with Crippen molar-refractivity contribution >= 4 is 15.9 Å². The molecule has 0 radical (unpaired) electrons. The molecule has 1 aromatic rings. The number of rotatable bonds is 3. The number of ether oxygens (including phenoxy) is 2. The van der Waals surface area contributed by atoms with E-state index in [0.29, 0.717) is 12.5 Å². The van der Waals surface area contributed by atoms with E-state index in [-0.39, 0.29) is 0 Å². The van der Waals surface area contributed by atoms with Gasteiger partial charge in [-0.05, 0) is 60.5 Å². The third kappa shape index (κ3) is 2.33. The second-order valence-electron chi connectivity index (χ2n) is 5.73. The molecule has 2 N–H and O–H groups in total. The molecule has 1 aromatic carbocycles. The number of hydrogen-bond acceptors (Lipinski definition) is 3. The summed E-state index contributed by atoms with van der Waals surface area (Å²) in [7, 11) is 0. The summed E-state index contributed by atoms with van der Waals surface area (Å²) in [6, 6.07) is 0. The molecule has 2 aliphatic rings. The smallest absolute Gasteiger partial charge is 0.137 e. The van der Waals surface area contributed by atoms with Crippen LogP contribution in [0.2, 0.25) is 0 Å². The van der Waals surface area contributed by atoms with Crippen molar-refractivity contribution in [1.82, 2.24) is 0 Å². The van der Waals surface area contributed by atoms with Crippen LogP contribution in [0.15, 0.2) is 4.47 Å². The van der Waals surface area contributed by atoms with E-state index in [1.807, 2.05) is 0 Å². The number of fused-ring (bicyclic) bond motifs is 2.